The van der Waals surface area contributed by atoms with E-state index in [0.717, 1.165) is 31.5 Å². The van der Waals surface area contributed by atoms with Crippen LogP contribution in [-0.4, -0.2) is 24.2 Å². The topological polar surface area (TPSA) is 40.5 Å². The number of aliphatic carboxylic acids is 1. The van der Waals surface area contributed by atoms with Crippen LogP contribution >= 0.6 is 23.2 Å². The molecular formula is C14H19Cl2NO2. The molecular weight excluding hydrogens is 285 g/mol. The van der Waals surface area contributed by atoms with E-state index in [2.05, 4.69) is 6.92 Å². The van der Waals surface area contributed by atoms with Gasteiger partial charge in [0.2, 0.25) is 0 Å². The average Bonchev–Trinajstić information content (AvgIpc) is 2.34. The Hall–Kier alpha value is -0.930. The maximum absolute atomic E-state index is 10.7. The standard InChI is InChI=1S/C14H19Cl2NO2/c1-2-3-4-8-17(9-7-14(18)19)13-6-5-11(15)10-12(13)16/h5-6,10H,2-4,7-9H2,1H3,(H,18,19). The molecule has 5 heteroatoms. The van der Waals surface area contributed by atoms with Gasteiger partial charge < -0.3 is 10.0 Å². The van der Waals surface area contributed by atoms with Crippen LogP contribution in [0.15, 0.2) is 18.2 Å². The zero-order valence-corrected chi connectivity index (χ0v) is 12.5. The van der Waals surface area contributed by atoms with E-state index in [1.54, 1.807) is 12.1 Å². The molecule has 0 aliphatic heterocycles. The third kappa shape index (κ3) is 5.70. The van der Waals surface area contributed by atoms with Gasteiger partial charge in [-0.05, 0) is 24.6 Å². The molecule has 0 fully saturated rings. The molecule has 1 rings (SSSR count). The molecule has 19 heavy (non-hydrogen) atoms. The largest absolute Gasteiger partial charge is 0.481 e. The number of anilines is 1. The van der Waals surface area contributed by atoms with Crippen molar-refractivity contribution in [3.05, 3.63) is 28.2 Å². The number of carboxylic acid groups (broad SMARTS) is 1. The molecule has 0 saturated carbocycles. The van der Waals surface area contributed by atoms with E-state index in [0.29, 0.717) is 16.6 Å². The molecule has 3 nitrogen and oxygen atoms in total. The number of carboxylic acids is 1. The first-order valence-electron chi connectivity index (χ1n) is 6.46. The van der Waals surface area contributed by atoms with Crippen LogP contribution < -0.4 is 4.90 Å². The van der Waals surface area contributed by atoms with Crippen LogP contribution in [0.25, 0.3) is 0 Å². The summed E-state index contributed by atoms with van der Waals surface area (Å²) in [7, 11) is 0. The van der Waals surface area contributed by atoms with Crippen molar-refractivity contribution in [1.29, 1.82) is 0 Å². The summed E-state index contributed by atoms with van der Waals surface area (Å²) in [4.78, 5) is 12.7. The zero-order valence-electron chi connectivity index (χ0n) is 11.0. The number of benzene rings is 1. The van der Waals surface area contributed by atoms with Crippen LogP contribution in [0.4, 0.5) is 5.69 Å². The lowest BCUT2D eigenvalue weighted by atomic mass is 10.2. The third-order valence-corrected chi connectivity index (χ3v) is 3.42. The summed E-state index contributed by atoms with van der Waals surface area (Å²) in [6.07, 6.45) is 3.37. The van der Waals surface area contributed by atoms with Crippen molar-refractivity contribution in [1.82, 2.24) is 0 Å². The van der Waals surface area contributed by atoms with Crippen molar-refractivity contribution < 1.29 is 9.90 Å². The first-order chi connectivity index (χ1) is 9.04. The van der Waals surface area contributed by atoms with Gasteiger partial charge in [-0.1, -0.05) is 43.0 Å². The summed E-state index contributed by atoms with van der Waals surface area (Å²) in [6.45, 7) is 3.40. The highest BCUT2D eigenvalue weighted by Crippen LogP contribution is 2.29. The molecule has 106 valence electrons. The SMILES string of the molecule is CCCCCN(CCC(=O)O)c1ccc(Cl)cc1Cl. The Labute approximate surface area is 124 Å². The lowest BCUT2D eigenvalue weighted by molar-refractivity contribution is -0.136. The van der Waals surface area contributed by atoms with Crippen molar-refractivity contribution >= 4 is 34.9 Å². The summed E-state index contributed by atoms with van der Waals surface area (Å²) >= 11 is 12.1. The minimum absolute atomic E-state index is 0.102. The van der Waals surface area contributed by atoms with E-state index < -0.39 is 5.97 Å². The average molecular weight is 304 g/mol. The molecule has 1 aromatic carbocycles. The second kappa shape index (κ2) is 8.28. The quantitative estimate of drug-likeness (QED) is 0.721. The highest BCUT2D eigenvalue weighted by atomic mass is 35.5. The van der Waals surface area contributed by atoms with Crippen molar-refractivity contribution in [2.75, 3.05) is 18.0 Å². The summed E-state index contributed by atoms with van der Waals surface area (Å²) in [5, 5.41) is 9.96. The molecule has 0 amide bonds. The number of nitrogens with zero attached hydrogens (tertiary/aromatic N) is 1. The number of hydrogen-bond donors (Lipinski definition) is 1. The Balaban J connectivity index is 2.77. The zero-order chi connectivity index (χ0) is 14.3. The van der Waals surface area contributed by atoms with Gasteiger partial charge in [0.05, 0.1) is 17.1 Å². The van der Waals surface area contributed by atoms with Gasteiger partial charge in [-0.15, -0.1) is 0 Å². The first kappa shape index (κ1) is 16.1. The molecule has 0 aliphatic rings. The number of rotatable bonds is 8. The fourth-order valence-electron chi connectivity index (χ4n) is 1.87. The Morgan fingerprint density at radius 1 is 1.26 bits per heavy atom. The Morgan fingerprint density at radius 2 is 2.00 bits per heavy atom. The van der Waals surface area contributed by atoms with E-state index in [1.807, 2.05) is 11.0 Å². The summed E-state index contributed by atoms with van der Waals surface area (Å²) < 4.78 is 0. The smallest absolute Gasteiger partial charge is 0.305 e. The van der Waals surface area contributed by atoms with Crippen LogP contribution in [-0.2, 0) is 4.79 Å². The molecule has 0 heterocycles. The van der Waals surface area contributed by atoms with E-state index >= 15 is 0 Å². The third-order valence-electron chi connectivity index (χ3n) is 2.88. The Bertz CT molecular complexity index is 424. The van der Waals surface area contributed by atoms with E-state index in [4.69, 9.17) is 28.3 Å². The van der Waals surface area contributed by atoms with Gasteiger partial charge in [-0.25, -0.2) is 0 Å². The molecule has 0 saturated heterocycles. The predicted molar refractivity (Wildman–Crippen MR) is 80.5 cm³/mol. The van der Waals surface area contributed by atoms with E-state index in [1.165, 1.54) is 0 Å². The fraction of sp³-hybridized carbons (Fsp3) is 0.500. The van der Waals surface area contributed by atoms with Crippen LogP contribution in [0.3, 0.4) is 0 Å². The Morgan fingerprint density at radius 3 is 2.58 bits per heavy atom. The van der Waals surface area contributed by atoms with Crippen molar-refractivity contribution in [2.24, 2.45) is 0 Å². The molecule has 1 aromatic rings. The van der Waals surface area contributed by atoms with Crippen molar-refractivity contribution in [3.63, 3.8) is 0 Å². The highest BCUT2D eigenvalue weighted by Gasteiger charge is 2.12. The number of hydrogen-bond acceptors (Lipinski definition) is 2. The fourth-order valence-corrected chi connectivity index (χ4v) is 2.40. The molecule has 1 N–H and O–H groups in total. The van der Waals surface area contributed by atoms with Crippen LogP contribution in [0, 0.1) is 0 Å². The lowest BCUT2D eigenvalue weighted by Gasteiger charge is -2.25. The highest BCUT2D eigenvalue weighted by molar-refractivity contribution is 6.36. The molecule has 0 bridgehead atoms. The second-order valence-corrected chi connectivity index (χ2v) is 5.28. The first-order valence-corrected chi connectivity index (χ1v) is 7.22. The van der Waals surface area contributed by atoms with E-state index in [9.17, 15) is 4.79 Å². The molecule has 0 spiro atoms. The van der Waals surface area contributed by atoms with Crippen LogP contribution in [0.1, 0.15) is 32.6 Å². The number of halogens is 2. The van der Waals surface area contributed by atoms with Gasteiger partial charge in [0.15, 0.2) is 0 Å². The number of unbranched alkanes of at least 4 members (excludes halogenated alkanes) is 2. The maximum Gasteiger partial charge on any atom is 0.305 e. The van der Waals surface area contributed by atoms with Crippen molar-refractivity contribution in [3.8, 4) is 0 Å². The second-order valence-electron chi connectivity index (χ2n) is 4.43. The summed E-state index contributed by atoms with van der Waals surface area (Å²) in [5.74, 6) is -0.800. The minimum atomic E-state index is -0.800. The van der Waals surface area contributed by atoms with Crippen molar-refractivity contribution in [2.45, 2.75) is 32.6 Å². The summed E-state index contributed by atoms with van der Waals surface area (Å²) in [6, 6.07) is 5.31. The van der Waals surface area contributed by atoms with Gasteiger partial charge in [0.25, 0.3) is 0 Å². The van der Waals surface area contributed by atoms with Gasteiger partial charge in [-0.3, -0.25) is 4.79 Å². The lowest BCUT2D eigenvalue weighted by Crippen LogP contribution is -2.27. The van der Waals surface area contributed by atoms with Gasteiger partial charge in [0, 0.05) is 18.1 Å². The normalized spacial score (nSPS) is 10.5. The van der Waals surface area contributed by atoms with Gasteiger partial charge >= 0.3 is 5.97 Å². The molecule has 0 atom stereocenters. The minimum Gasteiger partial charge on any atom is -0.481 e. The Kier molecular flexibility index (Phi) is 7.03. The van der Waals surface area contributed by atoms with Gasteiger partial charge in [0.1, 0.15) is 0 Å². The van der Waals surface area contributed by atoms with Crippen LogP contribution in [0.5, 0.6) is 0 Å². The molecule has 0 aliphatic carbocycles. The van der Waals surface area contributed by atoms with E-state index in [-0.39, 0.29) is 6.42 Å². The maximum atomic E-state index is 10.7. The molecule has 0 aromatic heterocycles. The summed E-state index contributed by atoms with van der Waals surface area (Å²) in [5.41, 5.74) is 0.850. The monoisotopic (exact) mass is 303 g/mol. The molecule has 0 radical (unpaired) electrons. The van der Waals surface area contributed by atoms with Gasteiger partial charge in [-0.2, -0.15) is 0 Å². The van der Waals surface area contributed by atoms with Crippen LogP contribution in [0.2, 0.25) is 10.0 Å². The predicted octanol–water partition coefficient (Wildman–Crippen LogP) is 4.46. The number of carbonyl (C=O) groups is 1. The molecule has 0 unspecified atom stereocenters.